The number of hydrogen-bond acceptors (Lipinski definition) is 2. The third-order valence-electron chi connectivity index (χ3n) is 2.46. The van der Waals surface area contributed by atoms with Gasteiger partial charge in [-0.1, -0.05) is 12.1 Å². The van der Waals surface area contributed by atoms with Crippen molar-refractivity contribution in [2.45, 2.75) is 13.8 Å². The molecule has 0 saturated carbocycles. The third kappa shape index (κ3) is 3.51. The highest BCUT2D eigenvalue weighted by Gasteiger charge is 2.07. The number of nitrogens with zero attached hydrogens (tertiary/aromatic N) is 1. The molecule has 0 aliphatic rings. The van der Waals surface area contributed by atoms with Gasteiger partial charge in [0.1, 0.15) is 11.6 Å². The molecule has 0 spiro atoms. The van der Waals surface area contributed by atoms with Crippen molar-refractivity contribution < 1.29 is 9.18 Å². The second-order valence-corrected chi connectivity index (χ2v) is 4.23. The van der Waals surface area contributed by atoms with E-state index in [1.54, 1.807) is 18.2 Å². The molecule has 98 valence electrons. The Hall–Kier alpha value is -2.43. The quantitative estimate of drug-likeness (QED) is 0.867. The molecule has 0 unspecified atom stereocenters. The number of para-hydroxylation sites is 1. The molecule has 0 aliphatic carbocycles. The number of benzene rings is 1. The minimum Gasteiger partial charge on any atom is -0.305 e. The second-order valence-electron chi connectivity index (χ2n) is 4.23. The normalized spacial score (nSPS) is 10.1. The minimum atomic E-state index is -0.525. The fourth-order valence-electron chi connectivity index (χ4n) is 1.74. The first-order chi connectivity index (χ1) is 9.04. The Balaban J connectivity index is 2.07. The van der Waals surface area contributed by atoms with Crippen LogP contribution >= 0.6 is 0 Å². The van der Waals surface area contributed by atoms with E-state index < -0.39 is 11.8 Å². The molecule has 2 aromatic rings. The predicted octanol–water partition coefficient (Wildman–Crippen LogP) is 3.48. The summed E-state index contributed by atoms with van der Waals surface area (Å²) in [4.78, 5) is 15.9. The molecule has 1 heterocycles. The Morgan fingerprint density at radius 1 is 1.16 bits per heavy atom. The molecule has 19 heavy (non-hydrogen) atoms. The summed E-state index contributed by atoms with van der Waals surface area (Å²) in [6.45, 7) is 3.75. The average Bonchev–Trinajstić information content (AvgIpc) is 2.30. The number of nitrogens with one attached hydrogen (secondary N) is 2. The van der Waals surface area contributed by atoms with Crippen LogP contribution in [0.3, 0.4) is 0 Å². The minimum absolute atomic E-state index is 0.129. The molecule has 0 bridgehead atoms. The summed E-state index contributed by atoms with van der Waals surface area (Å²) in [5, 5.41) is 5.00. The first kappa shape index (κ1) is 13.0. The van der Waals surface area contributed by atoms with Gasteiger partial charge >= 0.3 is 6.03 Å². The van der Waals surface area contributed by atoms with E-state index in [2.05, 4.69) is 15.6 Å². The van der Waals surface area contributed by atoms with E-state index in [0.29, 0.717) is 5.82 Å². The van der Waals surface area contributed by atoms with Gasteiger partial charge in [0.15, 0.2) is 0 Å². The highest BCUT2D eigenvalue weighted by Crippen LogP contribution is 2.13. The topological polar surface area (TPSA) is 54.0 Å². The summed E-state index contributed by atoms with van der Waals surface area (Å²) < 4.78 is 13.4. The number of pyridine rings is 1. The van der Waals surface area contributed by atoms with E-state index in [0.717, 1.165) is 11.3 Å². The molecular formula is C14H14FN3O. The fraction of sp³-hybridized carbons (Fsp3) is 0.143. The summed E-state index contributed by atoms with van der Waals surface area (Å²) in [6, 6.07) is 9.10. The molecular weight excluding hydrogens is 245 g/mol. The van der Waals surface area contributed by atoms with Gasteiger partial charge in [-0.05, 0) is 43.7 Å². The van der Waals surface area contributed by atoms with Crippen LogP contribution in [0.5, 0.6) is 0 Å². The number of halogens is 1. The van der Waals surface area contributed by atoms with E-state index >= 15 is 0 Å². The molecule has 4 nitrogen and oxygen atoms in total. The Morgan fingerprint density at radius 2 is 1.89 bits per heavy atom. The lowest BCUT2D eigenvalue weighted by molar-refractivity contribution is 0.262. The van der Waals surface area contributed by atoms with E-state index in [1.165, 1.54) is 12.1 Å². The van der Waals surface area contributed by atoms with Crippen molar-refractivity contribution in [3.8, 4) is 0 Å². The van der Waals surface area contributed by atoms with E-state index in [1.807, 2.05) is 19.9 Å². The van der Waals surface area contributed by atoms with Gasteiger partial charge < -0.3 is 5.32 Å². The standard InChI is InChI=1S/C14H14FN3O/c1-9-7-10(2)16-13(8-9)18-14(19)17-12-6-4-3-5-11(12)15/h3-8H,1-2H3,(H2,16,17,18,19). The van der Waals surface area contributed by atoms with Crippen LogP contribution in [0.25, 0.3) is 0 Å². The van der Waals surface area contributed by atoms with Gasteiger partial charge in [0.05, 0.1) is 5.69 Å². The summed E-state index contributed by atoms with van der Waals surface area (Å²) >= 11 is 0. The Morgan fingerprint density at radius 3 is 2.58 bits per heavy atom. The largest absolute Gasteiger partial charge is 0.324 e. The number of amides is 2. The van der Waals surface area contributed by atoms with Crippen LogP contribution in [0.15, 0.2) is 36.4 Å². The smallest absolute Gasteiger partial charge is 0.305 e. The van der Waals surface area contributed by atoms with Crippen molar-refractivity contribution in [1.29, 1.82) is 0 Å². The summed E-state index contributed by atoms with van der Waals surface area (Å²) in [7, 11) is 0. The number of anilines is 2. The van der Waals surface area contributed by atoms with Crippen LogP contribution in [-0.2, 0) is 0 Å². The van der Waals surface area contributed by atoms with Crippen molar-refractivity contribution in [1.82, 2.24) is 4.98 Å². The molecule has 0 radical (unpaired) electrons. The highest BCUT2D eigenvalue weighted by atomic mass is 19.1. The first-order valence-electron chi connectivity index (χ1n) is 5.82. The molecule has 0 atom stereocenters. The monoisotopic (exact) mass is 259 g/mol. The number of aryl methyl sites for hydroxylation is 2. The van der Waals surface area contributed by atoms with Crippen molar-refractivity contribution in [3.63, 3.8) is 0 Å². The average molecular weight is 259 g/mol. The zero-order valence-corrected chi connectivity index (χ0v) is 10.7. The van der Waals surface area contributed by atoms with Gasteiger partial charge in [-0.25, -0.2) is 14.2 Å². The zero-order chi connectivity index (χ0) is 13.8. The molecule has 1 aromatic heterocycles. The molecule has 0 aliphatic heterocycles. The lowest BCUT2D eigenvalue weighted by Gasteiger charge is -2.08. The maximum atomic E-state index is 13.4. The molecule has 0 saturated heterocycles. The lowest BCUT2D eigenvalue weighted by atomic mass is 10.2. The number of hydrogen-bond donors (Lipinski definition) is 2. The zero-order valence-electron chi connectivity index (χ0n) is 10.7. The van der Waals surface area contributed by atoms with E-state index in [-0.39, 0.29) is 5.69 Å². The maximum absolute atomic E-state index is 13.4. The summed E-state index contributed by atoms with van der Waals surface area (Å²) in [5.74, 6) is -0.0441. The van der Waals surface area contributed by atoms with Gasteiger partial charge in [-0.3, -0.25) is 5.32 Å². The second kappa shape index (κ2) is 5.48. The summed E-state index contributed by atoms with van der Waals surface area (Å²) in [5.41, 5.74) is 1.93. The SMILES string of the molecule is Cc1cc(C)nc(NC(=O)Nc2ccccc2F)c1. The van der Waals surface area contributed by atoms with Crippen LogP contribution in [0.4, 0.5) is 20.7 Å². The number of carbonyl (C=O) groups excluding carboxylic acids is 1. The van der Waals surface area contributed by atoms with Gasteiger partial charge in [0.2, 0.25) is 0 Å². The molecule has 2 N–H and O–H groups in total. The molecule has 2 rings (SSSR count). The van der Waals surface area contributed by atoms with E-state index in [4.69, 9.17) is 0 Å². The summed E-state index contributed by atoms with van der Waals surface area (Å²) in [6.07, 6.45) is 0. The van der Waals surface area contributed by atoms with Crippen molar-refractivity contribution in [3.05, 3.63) is 53.5 Å². The van der Waals surface area contributed by atoms with Crippen LogP contribution in [0.2, 0.25) is 0 Å². The van der Waals surface area contributed by atoms with Crippen molar-refractivity contribution in [2.24, 2.45) is 0 Å². The number of urea groups is 1. The third-order valence-corrected chi connectivity index (χ3v) is 2.46. The molecule has 2 amide bonds. The molecule has 1 aromatic carbocycles. The Kier molecular flexibility index (Phi) is 3.75. The fourth-order valence-corrected chi connectivity index (χ4v) is 1.74. The Bertz CT molecular complexity index is 593. The van der Waals surface area contributed by atoms with Crippen LogP contribution < -0.4 is 10.6 Å². The van der Waals surface area contributed by atoms with Crippen LogP contribution in [0, 0.1) is 19.7 Å². The van der Waals surface area contributed by atoms with Crippen molar-refractivity contribution >= 4 is 17.5 Å². The Labute approximate surface area is 110 Å². The van der Waals surface area contributed by atoms with Gasteiger partial charge in [0.25, 0.3) is 0 Å². The van der Waals surface area contributed by atoms with Gasteiger partial charge in [-0.2, -0.15) is 0 Å². The number of aromatic nitrogens is 1. The molecule has 5 heteroatoms. The van der Waals surface area contributed by atoms with Crippen LogP contribution in [0.1, 0.15) is 11.3 Å². The van der Waals surface area contributed by atoms with Gasteiger partial charge in [0, 0.05) is 5.69 Å². The van der Waals surface area contributed by atoms with Crippen molar-refractivity contribution in [2.75, 3.05) is 10.6 Å². The molecule has 0 fully saturated rings. The number of carbonyl (C=O) groups is 1. The first-order valence-corrected chi connectivity index (χ1v) is 5.82. The number of rotatable bonds is 2. The van der Waals surface area contributed by atoms with Gasteiger partial charge in [-0.15, -0.1) is 0 Å². The lowest BCUT2D eigenvalue weighted by Crippen LogP contribution is -2.21. The predicted molar refractivity (Wildman–Crippen MR) is 72.8 cm³/mol. The maximum Gasteiger partial charge on any atom is 0.324 e. The highest BCUT2D eigenvalue weighted by molar-refractivity contribution is 5.99. The van der Waals surface area contributed by atoms with Crippen LogP contribution in [-0.4, -0.2) is 11.0 Å². The van der Waals surface area contributed by atoms with E-state index in [9.17, 15) is 9.18 Å².